The second-order valence-electron chi connectivity index (χ2n) is 4.96. The molecule has 0 amide bonds. The highest BCUT2D eigenvalue weighted by Crippen LogP contribution is 2.25. The maximum absolute atomic E-state index is 12.3. The minimum atomic E-state index is 0.0341. The molecule has 128 valence electrons. The van der Waals surface area contributed by atoms with Gasteiger partial charge in [-0.1, -0.05) is 34.7 Å². The molecule has 0 fully saturated rings. The van der Waals surface area contributed by atoms with E-state index in [-0.39, 0.29) is 5.78 Å². The van der Waals surface area contributed by atoms with Gasteiger partial charge in [-0.3, -0.25) is 4.79 Å². The lowest BCUT2D eigenvalue weighted by molar-refractivity contribution is 0.102. The maximum atomic E-state index is 12.3. The molecule has 0 aliphatic heterocycles. The average Bonchev–Trinajstić information content (AvgIpc) is 3.01. The number of carbonyl (C=O) groups excluding carboxylic acids is 1. The Labute approximate surface area is 163 Å². The van der Waals surface area contributed by atoms with Crippen LogP contribution in [0, 0.1) is 3.95 Å². The number of Topliss-reactive ketones (excluding diaryl/α,β-unsaturated/α-hetero) is 1. The number of methoxy groups -OCH3 is 1. The van der Waals surface area contributed by atoms with Crippen LogP contribution in [0.5, 0.6) is 5.75 Å². The first kappa shape index (κ1) is 18.1. The fourth-order valence-electron chi connectivity index (χ4n) is 2.05. The highest BCUT2D eigenvalue weighted by Gasteiger charge is 2.11. The van der Waals surface area contributed by atoms with E-state index in [1.165, 1.54) is 23.1 Å². The summed E-state index contributed by atoms with van der Waals surface area (Å²) in [4.78, 5) is 12.3. The second kappa shape index (κ2) is 8.14. The number of rotatable bonds is 6. The van der Waals surface area contributed by atoms with Gasteiger partial charge in [-0.15, -0.1) is 5.10 Å². The third-order valence-electron chi connectivity index (χ3n) is 3.34. The molecule has 0 radical (unpaired) electrons. The van der Waals surface area contributed by atoms with Crippen molar-refractivity contribution in [2.75, 3.05) is 12.9 Å². The van der Waals surface area contributed by atoms with Crippen LogP contribution < -0.4 is 4.74 Å². The number of halogens is 1. The summed E-state index contributed by atoms with van der Waals surface area (Å²) >= 11 is 14.0. The molecular formula is C17H13ClN2O2S3. The molecule has 8 heteroatoms. The summed E-state index contributed by atoms with van der Waals surface area (Å²) in [6.45, 7) is 0. The number of ketones is 1. The number of nitrogens with zero attached hydrogens (tertiary/aromatic N) is 2. The van der Waals surface area contributed by atoms with Crippen LogP contribution in [-0.2, 0) is 0 Å². The Balaban J connectivity index is 1.69. The summed E-state index contributed by atoms with van der Waals surface area (Å²) in [7, 11) is 1.59. The minimum absolute atomic E-state index is 0.0341. The molecule has 3 rings (SSSR count). The summed E-state index contributed by atoms with van der Waals surface area (Å²) < 4.78 is 8.15. The van der Waals surface area contributed by atoms with E-state index in [4.69, 9.17) is 28.6 Å². The van der Waals surface area contributed by atoms with E-state index in [2.05, 4.69) is 5.10 Å². The topological polar surface area (TPSA) is 44.1 Å². The molecule has 0 atom stereocenters. The van der Waals surface area contributed by atoms with Crippen molar-refractivity contribution in [1.82, 2.24) is 9.78 Å². The zero-order chi connectivity index (χ0) is 17.8. The number of aromatic nitrogens is 2. The molecule has 0 aliphatic rings. The zero-order valence-corrected chi connectivity index (χ0v) is 16.3. The Morgan fingerprint density at radius 1 is 1.24 bits per heavy atom. The lowest BCUT2D eigenvalue weighted by atomic mass is 10.1. The van der Waals surface area contributed by atoms with Gasteiger partial charge < -0.3 is 4.74 Å². The monoisotopic (exact) mass is 408 g/mol. The van der Waals surface area contributed by atoms with Gasteiger partial charge in [0.15, 0.2) is 14.1 Å². The van der Waals surface area contributed by atoms with Gasteiger partial charge in [0.25, 0.3) is 0 Å². The standard InChI is InChI=1S/C17H13ClN2O2S3/c1-22-14-8-2-11(3-9-14)15(21)10-24-16-19-20(17(23)25-16)13-6-4-12(18)5-7-13/h2-9H,10H2,1H3. The summed E-state index contributed by atoms with van der Waals surface area (Å²) in [5.74, 6) is 1.06. The van der Waals surface area contributed by atoms with E-state index >= 15 is 0 Å². The Morgan fingerprint density at radius 3 is 2.56 bits per heavy atom. The van der Waals surface area contributed by atoms with Crippen molar-refractivity contribution >= 4 is 52.7 Å². The molecule has 4 nitrogen and oxygen atoms in total. The molecule has 2 aromatic carbocycles. The van der Waals surface area contributed by atoms with Crippen LogP contribution in [0.4, 0.5) is 0 Å². The van der Waals surface area contributed by atoms with E-state index in [9.17, 15) is 4.79 Å². The Morgan fingerprint density at radius 2 is 1.92 bits per heavy atom. The number of hydrogen-bond acceptors (Lipinski definition) is 6. The molecule has 0 spiro atoms. The Hall–Kier alpha value is -1.67. The highest BCUT2D eigenvalue weighted by molar-refractivity contribution is 8.01. The minimum Gasteiger partial charge on any atom is -0.497 e. The van der Waals surface area contributed by atoms with Crippen LogP contribution in [0.1, 0.15) is 10.4 Å². The summed E-state index contributed by atoms with van der Waals surface area (Å²) in [5.41, 5.74) is 1.49. The largest absolute Gasteiger partial charge is 0.497 e. The number of thioether (sulfide) groups is 1. The molecule has 0 saturated heterocycles. The first-order chi connectivity index (χ1) is 12.1. The molecule has 0 saturated carbocycles. The molecule has 0 aliphatic carbocycles. The van der Waals surface area contributed by atoms with Gasteiger partial charge in [0.2, 0.25) is 0 Å². The van der Waals surface area contributed by atoms with Crippen molar-refractivity contribution in [3.8, 4) is 11.4 Å². The summed E-state index contributed by atoms with van der Waals surface area (Å²) in [5, 5.41) is 5.14. The van der Waals surface area contributed by atoms with Crippen LogP contribution in [0.2, 0.25) is 5.02 Å². The predicted molar refractivity (Wildman–Crippen MR) is 105 cm³/mol. The van der Waals surface area contributed by atoms with Crippen molar-refractivity contribution in [2.45, 2.75) is 4.34 Å². The van der Waals surface area contributed by atoms with E-state index in [1.54, 1.807) is 48.2 Å². The molecule has 3 aromatic rings. The fraction of sp³-hybridized carbons (Fsp3) is 0.118. The normalized spacial score (nSPS) is 10.6. The van der Waals surface area contributed by atoms with Gasteiger partial charge in [0.05, 0.1) is 18.6 Å². The van der Waals surface area contributed by atoms with E-state index < -0.39 is 0 Å². The Kier molecular flexibility index (Phi) is 5.90. The first-order valence-electron chi connectivity index (χ1n) is 7.23. The van der Waals surface area contributed by atoms with Crippen LogP contribution in [0.15, 0.2) is 52.9 Å². The highest BCUT2D eigenvalue weighted by atomic mass is 35.5. The zero-order valence-electron chi connectivity index (χ0n) is 13.1. The van der Waals surface area contributed by atoms with Gasteiger partial charge in [0, 0.05) is 10.6 Å². The van der Waals surface area contributed by atoms with Crippen LogP contribution in [-0.4, -0.2) is 28.4 Å². The average molecular weight is 409 g/mol. The summed E-state index contributed by atoms with van der Waals surface area (Å²) in [6.07, 6.45) is 0. The SMILES string of the molecule is COc1ccc(C(=O)CSc2nn(-c3ccc(Cl)cc3)c(=S)s2)cc1. The van der Waals surface area contributed by atoms with Gasteiger partial charge in [-0.25, -0.2) is 4.68 Å². The number of benzene rings is 2. The van der Waals surface area contributed by atoms with Crippen LogP contribution in [0.3, 0.4) is 0 Å². The number of hydrogen-bond donors (Lipinski definition) is 0. The predicted octanol–water partition coefficient (Wildman–Crippen LogP) is 5.30. The van der Waals surface area contributed by atoms with Gasteiger partial charge in [-0.05, 0) is 60.7 Å². The van der Waals surface area contributed by atoms with E-state index in [1.807, 2.05) is 12.1 Å². The number of ether oxygens (including phenoxy) is 1. The van der Waals surface area contributed by atoms with Crippen molar-refractivity contribution < 1.29 is 9.53 Å². The lowest BCUT2D eigenvalue weighted by Gasteiger charge is -2.02. The van der Waals surface area contributed by atoms with Gasteiger partial charge >= 0.3 is 0 Å². The Bertz CT molecular complexity index is 934. The molecule has 25 heavy (non-hydrogen) atoms. The number of carbonyl (C=O) groups is 1. The van der Waals surface area contributed by atoms with Crippen molar-refractivity contribution in [1.29, 1.82) is 0 Å². The molecule has 0 N–H and O–H groups in total. The molecule has 1 aromatic heterocycles. The van der Waals surface area contributed by atoms with E-state index in [0.29, 0.717) is 20.3 Å². The van der Waals surface area contributed by atoms with E-state index in [0.717, 1.165) is 15.8 Å². The van der Waals surface area contributed by atoms with Crippen molar-refractivity contribution in [3.63, 3.8) is 0 Å². The van der Waals surface area contributed by atoms with Crippen LogP contribution >= 0.6 is 46.9 Å². The molecule has 0 unspecified atom stereocenters. The van der Waals surface area contributed by atoms with Crippen molar-refractivity contribution in [2.24, 2.45) is 0 Å². The quantitative estimate of drug-likeness (QED) is 0.314. The van der Waals surface area contributed by atoms with Crippen LogP contribution in [0.25, 0.3) is 5.69 Å². The molecule has 0 bridgehead atoms. The first-order valence-corrected chi connectivity index (χ1v) is 9.82. The smallest absolute Gasteiger partial charge is 0.184 e. The molecule has 1 heterocycles. The van der Waals surface area contributed by atoms with Gasteiger partial charge in [-0.2, -0.15) is 0 Å². The third-order valence-corrected chi connectivity index (χ3v) is 5.96. The second-order valence-corrected chi connectivity index (χ2v) is 8.24. The lowest BCUT2D eigenvalue weighted by Crippen LogP contribution is -2.02. The fourth-order valence-corrected chi connectivity index (χ4v) is 4.43. The molecular weight excluding hydrogens is 396 g/mol. The van der Waals surface area contributed by atoms with Crippen molar-refractivity contribution in [3.05, 3.63) is 63.1 Å². The third kappa shape index (κ3) is 4.49. The summed E-state index contributed by atoms with van der Waals surface area (Å²) in [6, 6.07) is 14.4. The van der Waals surface area contributed by atoms with Gasteiger partial charge in [0.1, 0.15) is 5.75 Å². The maximum Gasteiger partial charge on any atom is 0.184 e.